The Balaban J connectivity index is 2.25. The van der Waals surface area contributed by atoms with E-state index in [1.165, 1.54) is 6.20 Å². The van der Waals surface area contributed by atoms with Gasteiger partial charge in [-0.1, -0.05) is 6.07 Å². The number of hydrogen-bond donors (Lipinski definition) is 1. The van der Waals surface area contributed by atoms with Crippen molar-refractivity contribution >= 4 is 11.7 Å². The number of carboxylic acid groups (broad SMARTS) is 1. The minimum atomic E-state index is -1.03. The van der Waals surface area contributed by atoms with Gasteiger partial charge >= 0.3 is 5.97 Å². The zero-order valence-electron chi connectivity index (χ0n) is 10.9. The molecule has 5 heteroatoms. The number of pyridine rings is 2. The lowest BCUT2D eigenvalue weighted by molar-refractivity contribution is 0.0691. The van der Waals surface area contributed by atoms with Gasteiger partial charge in [-0.2, -0.15) is 0 Å². The fraction of sp³-hybridized carbons (Fsp3) is 0.214. The molecular weight excluding hydrogens is 242 g/mol. The number of rotatable bonds is 4. The van der Waals surface area contributed by atoms with Crippen molar-refractivity contribution in [1.29, 1.82) is 0 Å². The summed E-state index contributed by atoms with van der Waals surface area (Å²) in [6, 6.07) is 9.25. The van der Waals surface area contributed by atoms with Crippen LogP contribution >= 0.6 is 0 Å². The van der Waals surface area contributed by atoms with Crippen LogP contribution in [0.2, 0.25) is 0 Å². The van der Waals surface area contributed by atoms with Crippen molar-refractivity contribution in [1.82, 2.24) is 9.97 Å². The van der Waals surface area contributed by atoms with Gasteiger partial charge in [0.25, 0.3) is 0 Å². The summed E-state index contributed by atoms with van der Waals surface area (Å²) in [6.45, 7) is 2.46. The van der Waals surface area contributed by atoms with Crippen molar-refractivity contribution in [3.05, 3.63) is 53.6 Å². The van der Waals surface area contributed by atoms with Crippen LogP contribution in [-0.2, 0) is 6.54 Å². The lowest BCUT2D eigenvalue weighted by atomic mass is 10.2. The average Bonchev–Trinajstić information content (AvgIpc) is 2.38. The maximum absolute atomic E-state index is 11.1. The molecule has 0 aliphatic rings. The summed E-state index contributed by atoms with van der Waals surface area (Å²) >= 11 is 0. The molecule has 0 amide bonds. The van der Waals surface area contributed by atoms with Gasteiger partial charge in [0, 0.05) is 18.9 Å². The Labute approximate surface area is 111 Å². The van der Waals surface area contributed by atoms with Crippen molar-refractivity contribution < 1.29 is 9.90 Å². The minimum absolute atomic E-state index is 0.0534. The highest BCUT2D eigenvalue weighted by Gasteiger charge is 2.14. The fourth-order valence-electron chi connectivity index (χ4n) is 1.89. The van der Waals surface area contributed by atoms with Gasteiger partial charge in [0.1, 0.15) is 0 Å². The van der Waals surface area contributed by atoms with Crippen LogP contribution < -0.4 is 4.90 Å². The number of anilines is 1. The fourth-order valence-corrected chi connectivity index (χ4v) is 1.89. The van der Waals surface area contributed by atoms with Crippen LogP contribution in [0.25, 0.3) is 0 Å². The maximum Gasteiger partial charge on any atom is 0.356 e. The second-order valence-corrected chi connectivity index (χ2v) is 4.30. The molecule has 1 N–H and O–H groups in total. The van der Waals surface area contributed by atoms with E-state index >= 15 is 0 Å². The molecule has 5 nitrogen and oxygen atoms in total. The summed E-state index contributed by atoms with van der Waals surface area (Å²) in [5, 5.41) is 9.12. The number of carbonyl (C=O) groups is 1. The molecule has 0 aromatic carbocycles. The number of nitrogens with zero attached hydrogens (tertiary/aromatic N) is 3. The predicted octanol–water partition coefficient (Wildman–Crippen LogP) is 2.12. The van der Waals surface area contributed by atoms with Crippen molar-refractivity contribution in [2.24, 2.45) is 0 Å². The zero-order chi connectivity index (χ0) is 13.8. The summed E-state index contributed by atoms with van der Waals surface area (Å²) in [5.74, 6) is -1.03. The van der Waals surface area contributed by atoms with E-state index in [-0.39, 0.29) is 5.69 Å². The van der Waals surface area contributed by atoms with E-state index in [1.807, 2.05) is 37.1 Å². The molecule has 0 fully saturated rings. The molecule has 0 bridgehead atoms. The highest BCUT2D eigenvalue weighted by Crippen LogP contribution is 2.18. The molecule has 2 aromatic rings. The van der Waals surface area contributed by atoms with Gasteiger partial charge in [-0.25, -0.2) is 9.78 Å². The molecule has 0 saturated heterocycles. The van der Waals surface area contributed by atoms with Gasteiger partial charge in [-0.05, 0) is 31.2 Å². The number of aryl methyl sites for hydroxylation is 1. The first kappa shape index (κ1) is 13.0. The first-order valence-corrected chi connectivity index (χ1v) is 5.90. The van der Waals surface area contributed by atoms with E-state index in [0.717, 1.165) is 11.4 Å². The van der Waals surface area contributed by atoms with Gasteiger partial charge in [0.2, 0.25) is 0 Å². The van der Waals surface area contributed by atoms with E-state index in [4.69, 9.17) is 5.11 Å². The molecule has 0 spiro atoms. The number of hydrogen-bond acceptors (Lipinski definition) is 4. The number of aromatic carboxylic acids is 1. The minimum Gasteiger partial charge on any atom is -0.476 e. The van der Waals surface area contributed by atoms with E-state index in [0.29, 0.717) is 12.2 Å². The van der Waals surface area contributed by atoms with Crippen molar-refractivity contribution in [2.75, 3.05) is 11.9 Å². The Bertz CT molecular complexity index is 599. The second kappa shape index (κ2) is 5.48. The third-order valence-corrected chi connectivity index (χ3v) is 2.75. The molecule has 19 heavy (non-hydrogen) atoms. The third-order valence-electron chi connectivity index (χ3n) is 2.75. The predicted molar refractivity (Wildman–Crippen MR) is 72.3 cm³/mol. The van der Waals surface area contributed by atoms with Crippen LogP contribution in [0.5, 0.6) is 0 Å². The Hall–Kier alpha value is -2.43. The zero-order valence-corrected chi connectivity index (χ0v) is 10.9. The molecule has 0 aliphatic carbocycles. The van der Waals surface area contributed by atoms with Crippen molar-refractivity contribution in [3.8, 4) is 0 Å². The smallest absolute Gasteiger partial charge is 0.356 e. The second-order valence-electron chi connectivity index (χ2n) is 4.30. The van der Waals surface area contributed by atoms with Crippen LogP contribution in [-0.4, -0.2) is 28.1 Å². The van der Waals surface area contributed by atoms with E-state index in [9.17, 15) is 4.79 Å². The Morgan fingerprint density at radius 2 is 2.11 bits per heavy atom. The van der Waals surface area contributed by atoms with Gasteiger partial charge in [0.15, 0.2) is 5.69 Å². The summed E-state index contributed by atoms with van der Waals surface area (Å²) in [4.78, 5) is 21.3. The molecule has 0 atom stereocenters. The Morgan fingerprint density at radius 3 is 2.79 bits per heavy atom. The third kappa shape index (κ3) is 3.07. The number of aromatic nitrogens is 2. The van der Waals surface area contributed by atoms with E-state index in [2.05, 4.69) is 9.97 Å². The molecule has 0 saturated carbocycles. The van der Waals surface area contributed by atoms with Gasteiger partial charge < -0.3 is 10.0 Å². The lowest BCUT2D eigenvalue weighted by Crippen LogP contribution is -2.20. The summed E-state index contributed by atoms with van der Waals surface area (Å²) in [6.07, 6.45) is 1.48. The molecule has 2 rings (SSSR count). The molecule has 2 heterocycles. The van der Waals surface area contributed by atoms with Crippen LogP contribution in [0, 0.1) is 6.92 Å². The molecule has 2 aromatic heterocycles. The molecule has 0 aliphatic heterocycles. The standard InChI is InChI=1S/C14H15N3O2/c1-10-5-3-6-11(16-10)9-17(2)12-7-4-8-15-13(12)14(18)19/h3-8H,9H2,1-2H3,(H,18,19). The molecular formula is C14H15N3O2. The Morgan fingerprint density at radius 1 is 1.32 bits per heavy atom. The normalized spacial score (nSPS) is 10.2. The highest BCUT2D eigenvalue weighted by atomic mass is 16.4. The van der Waals surface area contributed by atoms with Crippen LogP contribution in [0.3, 0.4) is 0 Å². The highest BCUT2D eigenvalue weighted by molar-refractivity contribution is 5.92. The van der Waals surface area contributed by atoms with Crippen LogP contribution in [0.4, 0.5) is 5.69 Å². The Kier molecular flexibility index (Phi) is 3.75. The largest absolute Gasteiger partial charge is 0.476 e. The molecule has 0 radical (unpaired) electrons. The number of carboxylic acids is 1. The van der Waals surface area contributed by atoms with Crippen LogP contribution in [0.1, 0.15) is 21.9 Å². The van der Waals surface area contributed by atoms with Crippen molar-refractivity contribution in [2.45, 2.75) is 13.5 Å². The summed E-state index contributed by atoms with van der Waals surface area (Å²) < 4.78 is 0. The van der Waals surface area contributed by atoms with E-state index in [1.54, 1.807) is 12.1 Å². The average molecular weight is 257 g/mol. The quantitative estimate of drug-likeness (QED) is 0.908. The van der Waals surface area contributed by atoms with E-state index < -0.39 is 5.97 Å². The maximum atomic E-state index is 11.1. The topological polar surface area (TPSA) is 66.3 Å². The SMILES string of the molecule is Cc1cccc(CN(C)c2cccnc2C(=O)O)n1. The van der Waals surface area contributed by atoms with Gasteiger partial charge in [-0.3, -0.25) is 4.98 Å². The van der Waals surface area contributed by atoms with Crippen molar-refractivity contribution in [3.63, 3.8) is 0 Å². The summed E-state index contributed by atoms with van der Waals surface area (Å²) in [5.41, 5.74) is 2.47. The lowest BCUT2D eigenvalue weighted by Gasteiger charge is -2.20. The monoisotopic (exact) mass is 257 g/mol. The van der Waals surface area contributed by atoms with Crippen LogP contribution in [0.15, 0.2) is 36.5 Å². The van der Waals surface area contributed by atoms with Gasteiger partial charge in [-0.15, -0.1) is 0 Å². The molecule has 0 unspecified atom stereocenters. The first-order chi connectivity index (χ1) is 9.08. The van der Waals surface area contributed by atoms with Gasteiger partial charge in [0.05, 0.1) is 17.9 Å². The summed E-state index contributed by atoms with van der Waals surface area (Å²) in [7, 11) is 1.83. The first-order valence-electron chi connectivity index (χ1n) is 5.90. The molecule has 98 valence electrons.